The second-order valence-electron chi connectivity index (χ2n) is 7.93. The molecule has 164 valence electrons. The van der Waals surface area contributed by atoms with Crippen molar-refractivity contribution >= 4 is 7.60 Å². The molecule has 0 aromatic carbocycles. The molecule has 0 saturated heterocycles. The van der Waals surface area contributed by atoms with Gasteiger partial charge in [0.25, 0.3) is 0 Å². The van der Waals surface area contributed by atoms with Gasteiger partial charge in [-0.15, -0.1) is 0 Å². The molecule has 4 nitrogen and oxygen atoms in total. The first-order valence-corrected chi connectivity index (χ1v) is 13.5. The third-order valence-electron chi connectivity index (χ3n) is 5.15. The van der Waals surface area contributed by atoms with Gasteiger partial charge in [0.15, 0.2) is 0 Å². The van der Waals surface area contributed by atoms with Gasteiger partial charge in [-0.3, -0.25) is 4.57 Å². The number of hydrogen-bond acceptors (Lipinski definition) is 3. The predicted molar refractivity (Wildman–Crippen MR) is 119 cm³/mol. The highest BCUT2D eigenvalue weighted by atomic mass is 31.2. The van der Waals surface area contributed by atoms with Crippen molar-refractivity contribution in [3.05, 3.63) is 0 Å². The van der Waals surface area contributed by atoms with Gasteiger partial charge in [0.2, 0.25) is 0 Å². The van der Waals surface area contributed by atoms with Gasteiger partial charge in [0, 0.05) is 6.54 Å². The highest BCUT2D eigenvalue weighted by Crippen LogP contribution is 2.41. The number of rotatable bonds is 21. The van der Waals surface area contributed by atoms with Crippen LogP contribution in [0.15, 0.2) is 0 Å². The molecule has 0 bridgehead atoms. The molecular weight excluding hydrogens is 357 g/mol. The minimum absolute atomic E-state index is 0.266. The van der Waals surface area contributed by atoms with Crippen molar-refractivity contribution in [2.75, 3.05) is 32.4 Å². The number of unbranched alkanes of at least 4 members (excludes halogenated alkanes) is 11. The highest BCUT2D eigenvalue weighted by Gasteiger charge is 2.20. The normalized spacial score (nSPS) is 14.0. The zero-order valence-electron chi connectivity index (χ0n) is 18.6. The summed E-state index contributed by atoms with van der Waals surface area (Å²) in [5, 5.41) is 0. The molecule has 1 unspecified atom stereocenters. The third-order valence-corrected chi connectivity index (χ3v) is 6.50. The van der Waals surface area contributed by atoms with E-state index >= 15 is 0 Å². The van der Waals surface area contributed by atoms with Crippen LogP contribution in [-0.4, -0.2) is 42.2 Å². The van der Waals surface area contributed by atoms with Crippen molar-refractivity contribution < 1.29 is 14.0 Å². The molecule has 0 spiro atoms. The van der Waals surface area contributed by atoms with Crippen molar-refractivity contribution in [3.63, 3.8) is 0 Å². The fourth-order valence-electron chi connectivity index (χ4n) is 3.25. The Morgan fingerprint density at radius 3 is 1.59 bits per heavy atom. The second kappa shape index (κ2) is 19.4. The minimum Gasteiger partial charge on any atom is -0.324 e. The molecule has 0 fully saturated rings. The largest absolute Gasteiger partial charge is 0.329 e. The van der Waals surface area contributed by atoms with Crippen LogP contribution in [0, 0.1) is 0 Å². The Kier molecular flexibility index (Phi) is 19.5. The Morgan fingerprint density at radius 1 is 0.667 bits per heavy atom. The van der Waals surface area contributed by atoms with Crippen LogP contribution in [0.4, 0.5) is 0 Å². The Labute approximate surface area is 170 Å². The molecule has 0 aliphatic carbocycles. The summed E-state index contributed by atoms with van der Waals surface area (Å²) < 4.78 is 17.4. The zero-order valence-corrected chi connectivity index (χ0v) is 19.5. The van der Waals surface area contributed by atoms with Gasteiger partial charge in [-0.05, 0) is 32.4 Å². The first kappa shape index (κ1) is 27.1. The molecule has 27 heavy (non-hydrogen) atoms. The van der Waals surface area contributed by atoms with Crippen LogP contribution in [0.2, 0.25) is 0 Å². The van der Waals surface area contributed by atoms with Crippen molar-refractivity contribution in [3.8, 4) is 0 Å². The van der Waals surface area contributed by atoms with E-state index in [1.807, 2.05) is 0 Å². The van der Waals surface area contributed by atoms with E-state index in [1.165, 1.54) is 77.0 Å². The second-order valence-corrected chi connectivity index (χ2v) is 9.91. The van der Waals surface area contributed by atoms with Crippen molar-refractivity contribution in [1.29, 1.82) is 0 Å². The first-order valence-electron chi connectivity index (χ1n) is 11.7. The molecule has 0 aliphatic rings. The van der Waals surface area contributed by atoms with Crippen LogP contribution < -0.4 is 0 Å². The monoisotopic (exact) mass is 405 g/mol. The van der Waals surface area contributed by atoms with E-state index in [4.69, 9.17) is 4.52 Å². The summed E-state index contributed by atoms with van der Waals surface area (Å²) in [5.41, 5.74) is 0. The third kappa shape index (κ3) is 19.2. The molecule has 0 amide bonds. The first-order chi connectivity index (χ1) is 13.1. The zero-order chi connectivity index (χ0) is 20.2. The lowest BCUT2D eigenvalue weighted by molar-refractivity contribution is 0.237. The van der Waals surface area contributed by atoms with E-state index in [9.17, 15) is 9.46 Å². The van der Waals surface area contributed by atoms with Crippen molar-refractivity contribution in [2.45, 2.75) is 111 Å². The van der Waals surface area contributed by atoms with Crippen molar-refractivity contribution in [2.24, 2.45) is 0 Å². The minimum atomic E-state index is -3.43. The van der Waals surface area contributed by atoms with E-state index in [0.717, 1.165) is 25.9 Å². The standard InChI is InChI=1S/C22H48NO3P/c1-4-7-10-12-14-16-18-23(19-17-15-13-11-8-5-2)20-22-27(24,25)26-21-9-6-3/h4-22H2,1-3H3,(H,24,25). The number of hydrogen-bond donors (Lipinski definition) is 1. The van der Waals surface area contributed by atoms with Gasteiger partial charge in [0.1, 0.15) is 0 Å². The molecular formula is C22H48NO3P. The molecule has 0 radical (unpaired) electrons. The summed E-state index contributed by atoms with van der Waals surface area (Å²) in [6.07, 6.45) is 17.6. The fourth-order valence-corrected chi connectivity index (χ4v) is 4.33. The maximum Gasteiger partial charge on any atom is 0.329 e. The molecule has 1 atom stereocenters. The summed E-state index contributed by atoms with van der Waals surface area (Å²) >= 11 is 0. The van der Waals surface area contributed by atoms with E-state index in [-0.39, 0.29) is 6.16 Å². The van der Waals surface area contributed by atoms with E-state index in [2.05, 4.69) is 25.7 Å². The van der Waals surface area contributed by atoms with Crippen molar-refractivity contribution in [1.82, 2.24) is 4.90 Å². The number of nitrogens with zero attached hydrogens (tertiary/aromatic N) is 1. The lowest BCUT2D eigenvalue weighted by Crippen LogP contribution is -2.29. The van der Waals surface area contributed by atoms with Gasteiger partial charge in [-0.25, -0.2) is 0 Å². The van der Waals surface area contributed by atoms with E-state index in [0.29, 0.717) is 13.2 Å². The molecule has 0 aliphatic heterocycles. The maximum absolute atomic E-state index is 12.2. The van der Waals surface area contributed by atoms with Crippen LogP contribution in [0.5, 0.6) is 0 Å². The molecule has 0 saturated carbocycles. The summed E-state index contributed by atoms with van der Waals surface area (Å²) in [7, 11) is -3.43. The van der Waals surface area contributed by atoms with Gasteiger partial charge in [-0.2, -0.15) is 0 Å². The molecule has 0 aromatic heterocycles. The van der Waals surface area contributed by atoms with Crippen LogP contribution >= 0.6 is 7.60 Å². The van der Waals surface area contributed by atoms with Gasteiger partial charge in [-0.1, -0.05) is 91.4 Å². The molecule has 1 N–H and O–H groups in total. The Bertz CT molecular complexity index is 336. The smallest absolute Gasteiger partial charge is 0.324 e. The van der Waals surface area contributed by atoms with Gasteiger partial charge >= 0.3 is 7.60 Å². The average molecular weight is 406 g/mol. The summed E-state index contributed by atoms with van der Waals surface area (Å²) in [6, 6.07) is 0. The average Bonchev–Trinajstić information content (AvgIpc) is 2.64. The van der Waals surface area contributed by atoms with Crippen LogP contribution in [-0.2, 0) is 9.09 Å². The highest BCUT2D eigenvalue weighted by molar-refractivity contribution is 7.52. The van der Waals surface area contributed by atoms with Gasteiger partial charge in [0.05, 0.1) is 12.8 Å². The maximum atomic E-state index is 12.2. The van der Waals surface area contributed by atoms with E-state index in [1.54, 1.807) is 0 Å². The van der Waals surface area contributed by atoms with E-state index < -0.39 is 7.60 Å². The Balaban J connectivity index is 4.14. The fraction of sp³-hybridized carbons (Fsp3) is 1.00. The summed E-state index contributed by atoms with van der Waals surface area (Å²) in [6.45, 7) is 9.75. The SMILES string of the molecule is CCCCCCCCN(CCCCCCCC)CCP(=O)(O)OCCCC. The lowest BCUT2D eigenvalue weighted by Gasteiger charge is -2.23. The molecule has 0 heterocycles. The lowest BCUT2D eigenvalue weighted by atomic mass is 10.1. The van der Waals surface area contributed by atoms with Crippen LogP contribution in [0.25, 0.3) is 0 Å². The quantitative estimate of drug-likeness (QED) is 0.165. The Morgan fingerprint density at radius 2 is 1.11 bits per heavy atom. The molecule has 0 aromatic rings. The predicted octanol–water partition coefficient (Wildman–Crippen LogP) is 7.01. The molecule has 5 heteroatoms. The summed E-state index contributed by atoms with van der Waals surface area (Å²) in [5.74, 6) is 0. The summed E-state index contributed by atoms with van der Waals surface area (Å²) in [4.78, 5) is 12.4. The molecule has 0 rings (SSSR count). The van der Waals surface area contributed by atoms with Gasteiger partial charge < -0.3 is 14.3 Å². The van der Waals surface area contributed by atoms with Crippen LogP contribution in [0.1, 0.15) is 111 Å². The Hall–Kier alpha value is 0.110. The topological polar surface area (TPSA) is 49.8 Å². The van der Waals surface area contributed by atoms with Crippen LogP contribution in [0.3, 0.4) is 0 Å².